The molecule has 0 aliphatic carbocycles. The summed E-state index contributed by atoms with van der Waals surface area (Å²) in [6.07, 6.45) is 2.11. The normalized spacial score (nSPS) is 12.9. The van der Waals surface area contributed by atoms with Gasteiger partial charge < -0.3 is 5.73 Å². The molecule has 13 heavy (non-hydrogen) atoms. The molecule has 0 aromatic heterocycles. The third-order valence-electron chi connectivity index (χ3n) is 1.96. The van der Waals surface area contributed by atoms with Crippen molar-refractivity contribution in [2.24, 2.45) is 5.73 Å². The van der Waals surface area contributed by atoms with E-state index < -0.39 is 0 Å². The van der Waals surface area contributed by atoms with Gasteiger partial charge in [0.15, 0.2) is 0 Å². The first kappa shape index (κ1) is 11.3. The van der Waals surface area contributed by atoms with Crippen LogP contribution in [0.4, 0.5) is 0 Å². The quantitative estimate of drug-likeness (QED) is 0.846. The molecule has 1 rings (SSSR count). The second-order valence-electron chi connectivity index (χ2n) is 3.06. The van der Waals surface area contributed by atoms with Gasteiger partial charge in [0, 0.05) is 14.6 Å². The fourth-order valence-electron chi connectivity index (χ4n) is 1.27. The molecule has 1 nitrogen and oxygen atoms in total. The summed E-state index contributed by atoms with van der Waals surface area (Å²) in [5.74, 6) is 0. The fourth-order valence-corrected chi connectivity index (χ4v) is 2.18. The maximum Gasteiger partial charge on any atom is 0.0410 e. The molecule has 1 unspecified atom stereocenters. The Morgan fingerprint density at radius 1 is 1.54 bits per heavy atom. The van der Waals surface area contributed by atoms with Crippen LogP contribution in [0.3, 0.4) is 0 Å². The second kappa shape index (κ2) is 5.17. The Hall–Kier alpha value is 0.200. The van der Waals surface area contributed by atoms with Crippen molar-refractivity contribution in [3.05, 3.63) is 32.4 Å². The molecule has 0 aliphatic heterocycles. The van der Waals surface area contributed by atoms with Gasteiger partial charge in [-0.3, -0.25) is 0 Å². The maximum absolute atomic E-state index is 6.01. The molecule has 0 saturated heterocycles. The van der Waals surface area contributed by atoms with Crippen LogP contribution in [-0.2, 0) is 0 Å². The first-order valence-corrected chi connectivity index (χ1v) is 5.81. The SMILES string of the molecule is CCCC(N)c1cc(Cl)ccc1I. The summed E-state index contributed by atoms with van der Waals surface area (Å²) in [4.78, 5) is 0. The van der Waals surface area contributed by atoms with Gasteiger partial charge in [0.2, 0.25) is 0 Å². The van der Waals surface area contributed by atoms with Crippen molar-refractivity contribution >= 4 is 34.2 Å². The number of hydrogen-bond acceptors (Lipinski definition) is 1. The maximum atomic E-state index is 6.01. The highest BCUT2D eigenvalue weighted by Crippen LogP contribution is 2.24. The van der Waals surface area contributed by atoms with Crippen molar-refractivity contribution in [3.63, 3.8) is 0 Å². The molecule has 3 heteroatoms. The smallest absolute Gasteiger partial charge is 0.0410 e. The Morgan fingerprint density at radius 3 is 2.85 bits per heavy atom. The fraction of sp³-hybridized carbons (Fsp3) is 0.400. The third-order valence-corrected chi connectivity index (χ3v) is 3.17. The lowest BCUT2D eigenvalue weighted by Crippen LogP contribution is -2.11. The summed E-state index contributed by atoms with van der Waals surface area (Å²) in [6, 6.07) is 5.98. The zero-order chi connectivity index (χ0) is 9.84. The lowest BCUT2D eigenvalue weighted by Gasteiger charge is -2.12. The zero-order valence-corrected chi connectivity index (χ0v) is 10.5. The van der Waals surface area contributed by atoms with Crippen LogP contribution in [-0.4, -0.2) is 0 Å². The van der Waals surface area contributed by atoms with E-state index in [1.165, 1.54) is 3.57 Å². The van der Waals surface area contributed by atoms with Crippen LogP contribution in [0.1, 0.15) is 31.4 Å². The summed E-state index contributed by atoms with van der Waals surface area (Å²) in [5, 5.41) is 0.766. The van der Waals surface area contributed by atoms with E-state index in [-0.39, 0.29) is 6.04 Å². The molecule has 0 aliphatic rings. The molecule has 72 valence electrons. The Balaban J connectivity index is 2.91. The third kappa shape index (κ3) is 3.11. The van der Waals surface area contributed by atoms with Crippen LogP contribution in [0.25, 0.3) is 0 Å². The highest BCUT2D eigenvalue weighted by molar-refractivity contribution is 14.1. The van der Waals surface area contributed by atoms with Crippen molar-refractivity contribution in [1.82, 2.24) is 0 Å². The minimum atomic E-state index is 0.121. The van der Waals surface area contributed by atoms with Gasteiger partial charge in [-0.25, -0.2) is 0 Å². The number of nitrogens with two attached hydrogens (primary N) is 1. The molecule has 1 aromatic carbocycles. The van der Waals surface area contributed by atoms with Crippen molar-refractivity contribution < 1.29 is 0 Å². The minimum absolute atomic E-state index is 0.121. The first-order chi connectivity index (χ1) is 6.15. The first-order valence-electron chi connectivity index (χ1n) is 4.35. The van der Waals surface area contributed by atoms with Crippen molar-refractivity contribution in [1.29, 1.82) is 0 Å². The van der Waals surface area contributed by atoms with E-state index in [4.69, 9.17) is 17.3 Å². The molecular weight excluding hydrogens is 296 g/mol. The van der Waals surface area contributed by atoms with E-state index in [1.807, 2.05) is 18.2 Å². The summed E-state index contributed by atoms with van der Waals surface area (Å²) in [6.45, 7) is 2.14. The number of halogens is 2. The van der Waals surface area contributed by atoms with Gasteiger partial charge in [-0.1, -0.05) is 24.9 Å². The zero-order valence-electron chi connectivity index (χ0n) is 7.56. The van der Waals surface area contributed by atoms with Crippen LogP contribution in [0.2, 0.25) is 5.02 Å². The van der Waals surface area contributed by atoms with Gasteiger partial charge in [0.1, 0.15) is 0 Å². The van der Waals surface area contributed by atoms with Crippen molar-refractivity contribution in [3.8, 4) is 0 Å². The summed E-state index contributed by atoms with van der Waals surface area (Å²) in [5.41, 5.74) is 7.17. The van der Waals surface area contributed by atoms with Crippen LogP contribution in [0.5, 0.6) is 0 Å². The molecular formula is C10H13ClIN. The monoisotopic (exact) mass is 309 g/mol. The van der Waals surface area contributed by atoms with Crippen molar-refractivity contribution in [2.45, 2.75) is 25.8 Å². The van der Waals surface area contributed by atoms with Crippen molar-refractivity contribution in [2.75, 3.05) is 0 Å². The average Bonchev–Trinajstić information content (AvgIpc) is 2.09. The molecule has 1 atom stereocenters. The predicted molar refractivity (Wildman–Crippen MR) is 66.0 cm³/mol. The molecule has 0 fully saturated rings. The Morgan fingerprint density at radius 2 is 2.23 bits per heavy atom. The second-order valence-corrected chi connectivity index (χ2v) is 4.66. The topological polar surface area (TPSA) is 26.0 Å². The van der Waals surface area contributed by atoms with Gasteiger partial charge in [0.25, 0.3) is 0 Å². The Bertz CT molecular complexity index is 288. The van der Waals surface area contributed by atoms with Gasteiger partial charge in [0.05, 0.1) is 0 Å². The summed E-state index contributed by atoms with van der Waals surface area (Å²) >= 11 is 8.20. The lowest BCUT2D eigenvalue weighted by molar-refractivity contribution is 0.636. The van der Waals surface area contributed by atoms with Gasteiger partial charge in [-0.05, 0) is 52.8 Å². The lowest BCUT2D eigenvalue weighted by atomic mass is 10.0. The predicted octanol–water partition coefficient (Wildman–Crippen LogP) is 3.74. The molecule has 0 amide bonds. The molecule has 0 radical (unpaired) electrons. The summed E-state index contributed by atoms with van der Waals surface area (Å²) in [7, 11) is 0. The molecule has 0 bridgehead atoms. The number of benzene rings is 1. The molecule has 0 heterocycles. The Labute approximate surface area is 97.8 Å². The molecule has 1 aromatic rings. The van der Waals surface area contributed by atoms with Crippen LogP contribution in [0.15, 0.2) is 18.2 Å². The molecule has 2 N–H and O–H groups in total. The minimum Gasteiger partial charge on any atom is -0.324 e. The highest BCUT2D eigenvalue weighted by Gasteiger charge is 2.08. The van der Waals surface area contributed by atoms with E-state index in [9.17, 15) is 0 Å². The standard InChI is InChI=1S/C10H13ClIN/c1-2-3-10(13)8-6-7(11)4-5-9(8)12/h4-6,10H,2-3,13H2,1H3. The van der Waals surface area contributed by atoms with Gasteiger partial charge in [-0.15, -0.1) is 0 Å². The van der Waals surface area contributed by atoms with E-state index in [0.717, 1.165) is 23.4 Å². The van der Waals surface area contributed by atoms with E-state index in [1.54, 1.807) is 0 Å². The molecule has 0 saturated carbocycles. The van der Waals surface area contributed by atoms with Gasteiger partial charge >= 0.3 is 0 Å². The van der Waals surface area contributed by atoms with E-state index >= 15 is 0 Å². The average molecular weight is 310 g/mol. The Kier molecular flexibility index (Phi) is 4.49. The number of hydrogen-bond donors (Lipinski definition) is 1. The highest BCUT2D eigenvalue weighted by atomic mass is 127. The largest absolute Gasteiger partial charge is 0.324 e. The molecule has 0 spiro atoms. The van der Waals surface area contributed by atoms with E-state index in [2.05, 4.69) is 29.5 Å². The van der Waals surface area contributed by atoms with Gasteiger partial charge in [-0.2, -0.15) is 0 Å². The van der Waals surface area contributed by atoms with E-state index in [0.29, 0.717) is 0 Å². The summed E-state index contributed by atoms with van der Waals surface area (Å²) < 4.78 is 1.20. The van der Waals surface area contributed by atoms with Crippen LogP contribution in [0, 0.1) is 3.57 Å². The van der Waals surface area contributed by atoms with Crippen LogP contribution < -0.4 is 5.73 Å². The number of rotatable bonds is 3. The van der Waals surface area contributed by atoms with Crippen LogP contribution >= 0.6 is 34.2 Å².